The van der Waals surface area contributed by atoms with E-state index in [1.54, 1.807) is 19.2 Å². The van der Waals surface area contributed by atoms with Crippen molar-refractivity contribution >= 4 is 21.8 Å². The van der Waals surface area contributed by atoms with E-state index in [0.29, 0.717) is 18.9 Å². The van der Waals surface area contributed by atoms with Crippen molar-refractivity contribution in [2.24, 2.45) is 11.8 Å². The molecule has 3 N–H and O–H groups in total. The zero-order valence-electron chi connectivity index (χ0n) is 26.9. The van der Waals surface area contributed by atoms with E-state index in [0.717, 1.165) is 12.0 Å². The zero-order chi connectivity index (χ0) is 32.7. The van der Waals surface area contributed by atoms with Crippen molar-refractivity contribution in [3.8, 4) is 5.75 Å². The first-order chi connectivity index (χ1) is 20.9. The number of benzene rings is 2. The number of aliphatic hydroxyl groups is 1. The lowest BCUT2D eigenvalue weighted by Crippen LogP contribution is -2.60. The minimum Gasteiger partial charge on any atom is -0.497 e. The molecule has 0 aliphatic rings. The largest absolute Gasteiger partial charge is 0.497 e. The molecule has 2 aromatic rings. The lowest BCUT2D eigenvalue weighted by Gasteiger charge is -2.37. The van der Waals surface area contributed by atoms with Gasteiger partial charge in [0.2, 0.25) is 15.9 Å². The summed E-state index contributed by atoms with van der Waals surface area (Å²) in [5.41, 5.74) is 3.54. The summed E-state index contributed by atoms with van der Waals surface area (Å²) >= 11 is 0. The summed E-state index contributed by atoms with van der Waals surface area (Å²) in [7, 11) is -0.967. The van der Waals surface area contributed by atoms with Crippen molar-refractivity contribution in [2.75, 3.05) is 47.0 Å². The molecular weight excluding hydrogens is 584 g/mol. The quantitative estimate of drug-likeness (QED) is 0.159. The Kier molecular flexibility index (Phi) is 15.8. The van der Waals surface area contributed by atoms with Crippen LogP contribution in [0, 0.1) is 11.8 Å². The number of nitrogens with zero attached hydrogens (tertiary/aromatic N) is 2. The average Bonchev–Trinajstić information content (AvgIpc) is 3.00. The number of hydrazine groups is 1. The van der Waals surface area contributed by atoms with Gasteiger partial charge in [0.05, 0.1) is 37.3 Å². The summed E-state index contributed by atoms with van der Waals surface area (Å²) in [5.74, 6) is -0.329. The van der Waals surface area contributed by atoms with Crippen LogP contribution in [0.2, 0.25) is 0 Å². The normalized spacial score (nSPS) is 13.8. The second kappa shape index (κ2) is 18.7. The van der Waals surface area contributed by atoms with Crippen LogP contribution in [0.3, 0.4) is 0 Å². The molecule has 0 aliphatic heterocycles. The molecule has 0 heterocycles. The van der Waals surface area contributed by atoms with Gasteiger partial charge in [-0.25, -0.2) is 13.4 Å². The second-order valence-corrected chi connectivity index (χ2v) is 13.3. The van der Waals surface area contributed by atoms with Crippen molar-refractivity contribution < 1.29 is 32.6 Å². The fourth-order valence-electron chi connectivity index (χ4n) is 4.58. The predicted octanol–water partition coefficient (Wildman–Crippen LogP) is 2.85. The fraction of sp³-hybridized carbons (Fsp3) is 0.562. The molecule has 2 amide bonds. The van der Waals surface area contributed by atoms with Gasteiger partial charge in [-0.2, -0.15) is 4.31 Å². The number of carbonyl (C=O) groups excluding carboxylic acids is 2. The minimum atomic E-state index is -4.03. The van der Waals surface area contributed by atoms with Crippen LogP contribution in [-0.4, -0.2) is 93.8 Å². The van der Waals surface area contributed by atoms with E-state index in [-0.39, 0.29) is 55.1 Å². The van der Waals surface area contributed by atoms with E-state index in [9.17, 15) is 23.1 Å². The third-order valence-corrected chi connectivity index (χ3v) is 9.07. The first-order valence-electron chi connectivity index (χ1n) is 15.1. The van der Waals surface area contributed by atoms with Crippen LogP contribution < -0.4 is 15.5 Å². The van der Waals surface area contributed by atoms with Crippen molar-refractivity contribution in [3.05, 3.63) is 60.2 Å². The number of ether oxygens (including phenoxy) is 2. The van der Waals surface area contributed by atoms with Crippen molar-refractivity contribution in [3.63, 3.8) is 0 Å². The highest BCUT2D eigenvalue weighted by atomic mass is 32.2. The third-order valence-electron chi connectivity index (χ3n) is 7.22. The molecule has 246 valence electrons. The van der Waals surface area contributed by atoms with Gasteiger partial charge in [-0.1, -0.05) is 64.4 Å². The van der Waals surface area contributed by atoms with E-state index in [4.69, 9.17) is 9.47 Å². The summed E-state index contributed by atoms with van der Waals surface area (Å²) in [4.78, 5) is 26.8. The Bertz CT molecular complexity index is 1240. The van der Waals surface area contributed by atoms with Crippen LogP contribution in [0.15, 0.2) is 59.5 Å². The molecule has 44 heavy (non-hydrogen) atoms. The molecule has 11 nitrogen and oxygen atoms in total. The van der Waals surface area contributed by atoms with E-state index >= 15 is 0 Å². The van der Waals surface area contributed by atoms with Gasteiger partial charge in [-0.3, -0.25) is 15.0 Å². The number of nitrogens with one attached hydrogen (secondary N) is 2. The molecule has 0 bridgehead atoms. The van der Waals surface area contributed by atoms with E-state index in [1.807, 2.05) is 58.0 Å². The molecule has 0 aliphatic carbocycles. The van der Waals surface area contributed by atoms with Gasteiger partial charge in [0.1, 0.15) is 5.75 Å². The molecule has 0 saturated carbocycles. The molecule has 0 radical (unpaired) electrons. The third kappa shape index (κ3) is 11.8. The molecule has 0 unspecified atom stereocenters. The molecule has 0 aromatic heterocycles. The first kappa shape index (κ1) is 37.2. The summed E-state index contributed by atoms with van der Waals surface area (Å²) in [6.07, 6.45) is -0.264. The van der Waals surface area contributed by atoms with E-state index < -0.39 is 28.1 Å². The summed E-state index contributed by atoms with van der Waals surface area (Å²) in [6.45, 7) is 8.33. The lowest BCUT2D eigenvalue weighted by atomic mass is 9.98. The number of amides is 2. The highest BCUT2D eigenvalue weighted by Crippen LogP contribution is 2.23. The van der Waals surface area contributed by atoms with Crippen LogP contribution in [0.4, 0.5) is 0 Å². The van der Waals surface area contributed by atoms with E-state index in [1.165, 1.54) is 28.6 Å². The number of methoxy groups -OCH3 is 2. The zero-order valence-corrected chi connectivity index (χ0v) is 27.7. The molecule has 2 aromatic carbocycles. The number of sulfonamides is 1. The van der Waals surface area contributed by atoms with Gasteiger partial charge >= 0.3 is 0 Å². The molecule has 0 spiro atoms. The topological polar surface area (TPSA) is 138 Å². The lowest BCUT2D eigenvalue weighted by molar-refractivity contribution is -0.148. The average molecular weight is 635 g/mol. The molecular formula is C32H50N4O7S. The van der Waals surface area contributed by atoms with Gasteiger partial charge in [0, 0.05) is 33.2 Å². The van der Waals surface area contributed by atoms with E-state index in [2.05, 4.69) is 10.7 Å². The van der Waals surface area contributed by atoms with Crippen LogP contribution in [0.5, 0.6) is 5.75 Å². The molecule has 3 atom stereocenters. The summed E-state index contributed by atoms with van der Waals surface area (Å²) < 4.78 is 39.1. The Morgan fingerprint density at radius 3 is 2.20 bits per heavy atom. The number of hydrogen-bond acceptors (Lipinski definition) is 8. The Hall–Kier alpha value is -3.03. The molecule has 0 saturated heterocycles. The Balaban J connectivity index is 2.49. The Morgan fingerprint density at radius 2 is 1.64 bits per heavy atom. The van der Waals surface area contributed by atoms with Gasteiger partial charge in [0.25, 0.3) is 5.91 Å². The predicted molar refractivity (Wildman–Crippen MR) is 170 cm³/mol. The molecule has 0 fully saturated rings. The maximum absolute atomic E-state index is 13.8. The smallest absolute Gasteiger partial charge is 0.252 e. The van der Waals surface area contributed by atoms with Gasteiger partial charge in [0.15, 0.2) is 0 Å². The van der Waals surface area contributed by atoms with Crippen molar-refractivity contribution in [1.82, 2.24) is 20.1 Å². The standard InChI is InChI=1S/C32H50N4O7S/c1-7-25(4)19-32(39)36(34-31(38)21-33-17-18-42-5)29(20-26-11-9-8-10-12-26)30(37)23-35(22-24(2)3)44(40,41)28-15-13-27(43-6)14-16-28/h8-16,24-25,29-30,33,37H,7,17-23H2,1-6H3,(H,34,38)/t25-,29-,30+/m0/s1. The van der Waals surface area contributed by atoms with Gasteiger partial charge in [-0.15, -0.1) is 0 Å². The van der Waals surface area contributed by atoms with Crippen LogP contribution >= 0.6 is 0 Å². The minimum absolute atomic E-state index is 0.0316. The monoisotopic (exact) mass is 634 g/mol. The fourth-order valence-corrected chi connectivity index (χ4v) is 6.20. The number of carbonyl (C=O) groups is 2. The number of rotatable bonds is 19. The van der Waals surface area contributed by atoms with Gasteiger partial charge in [-0.05, 0) is 48.1 Å². The van der Waals surface area contributed by atoms with Crippen LogP contribution in [-0.2, 0) is 30.8 Å². The highest BCUT2D eigenvalue weighted by molar-refractivity contribution is 7.89. The van der Waals surface area contributed by atoms with Crippen LogP contribution in [0.1, 0.15) is 46.1 Å². The Morgan fingerprint density at radius 1 is 0.977 bits per heavy atom. The first-order valence-corrected chi connectivity index (χ1v) is 16.5. The molecule has 12 heteroatoms. The highest BCUT2D eigenvalue weighted by Gasteiger charge is 2.36. The maximum atomic E-state index is 13.8. The van der Waals surface area contributed by atoms with Crippen LogP contribution in [0.25, 0.3) is 0 Å². The second-order valence-electron chi connectivity index (χ2n) is 11.4. The molecule has 2 rings (SSSR count). The van der Waals surface area contributed by atoms with Gasteiger partial charge < -0.3 is 19.9 Å². The van der Waals surface area contributed by atoms with Crippen molar-refractivity contribution in [1.29, 1.82) is 0 Å². The Labute approximate surface area is 262 Å². The number of hydrogen-bond donors (Lipinski definition) is 3. The summed E-state index contributed by atoms with van der Waals surface area (Å²) in [5, 5.41) is 16.0. The maximum Gasteiger partial charge on any atom is 0.252 e. The number of aliphatic hydroxyl groups excluding tert-OH is 1. The SMILES string of the molecule is CC[C@H](C)CC(=O)N(NC(=O)CNCCOC)[C@@H](Cc1ccccc1)[C@H](O)CN(CC(C)C)S(=O)(=O)c1ccc(OC)cc1. The summed E-state index contributed by atoms with van der Waals surface area (Å²) in [6, 6.07) is 14.4. The van der Waals surface area contributed by atoms with Crippen molar-refractivity contribution in [2.45, 2.75) is 64.0 Å².